The molecule has 0 saturated carbocycles. The van der Waals surface area contributed by atoms with Crippen molar-refractivity contribution in [1.82, 2.24) is 19.4 Å². The number of furan rings is 1. The van der Waals surface area contributed by atoms with Crippen molar-refractivity contribution in [2.75, 3.05) is 26.2 Å². The summed E-state index contributed by atoms with van der Waals surface area (Å²) in [4.78, 5) is 9.34. The molecule has 0 bridgehead atoms. The average molecular weight is 302 g/mol. The highest BCUT2D eigenvalue weighted by atomic mass is 16.3. The predicted octanol–water partition coefficient (Wildman–Crippen LogP) is 2.76. The smallest absolute Gasteiger partial charge is 0.0951 e. The first-order valence-electron chi connectivity index (χ1n) is 8.26. The molecule has 0 fully saturated rings. The van der Waals surface area contributed by atoms with Gasteiger partial charge in [0.1, 0.15) is 0 Å². The fourth-order valence-corrected chi connectivity index (χ4v) is 3.33. The Hall–Kier alpha value is -1.59. The van der Waals surface area contributed by atoms with Crippen molar-refractivity contribution >= 4 is 0 Å². The fourth-order valence-electron chi connectivity index (χ4n) is 3.33. The quantitative estimate of drug-likeness (QED) is 0.788. The van der Waals surface area contributed by atoms with E-state index in [2.05, 4.69) is 39.3 Å². The van der Waals surface area contributed by atoms with E-state index in [1.54, 1.807) is 6.26 Å². The van der Waals surface area contributed by atoms with Crippen LogP contribution in [0.5, 0.6) is 0 Å². The molecule has 2 aromatic heterocycles. The molecule has 1 aliphatic rings. The van der Waals surface area contributed by atoms with Crippen LogP contribution in [-0.2, 0) is 13.1 Å². The number of hydrogen-bond acceptors (Lipinski definition) is 4. The van der Waals surface area contributed by atoms with Gasteiger partial charge in [-0.05, 0) is 25.6 Å². The van der Waals surface area contributed by atoms with Crippen LogP contribution < -0.4 is 0 Å². The standard InChI is InChI=1S/C17H26N4O/c1-3-19(4-2)7-5-16-11-20(10-15-6-8-22-13-15)12-17-9-18-14-21(16)17/h6,8-9,13-14,16H,3-5,7,10-12H2,1-2H3/t16-/m1/s1. The molecule has 3 heterocycles. The molecule has 1 aliphatic heterocycles. The molecule has 5 heteroatoms. The first-order chi connectivity index (χ1) is 10.8. The molecule has 0 aliphatic carbocycles. The van der Waals surface area contributed by atoms with Crippen LogP contribution >= 0.6 is 0 Å². The van der Waals surface area contributed by atoms with Crippen LogP contribution in [0.4, 0.5) is 0 Å². The van der Waals surface area contributed by atoms with E-state index >= 15 is 0 Å². The minimum atomic E-state index is 0.513. The van der Waals surface area contributed by atoms with Crippen molar-refractivity contribution in [2.24, 2.45) is 0 Å². The molecule has 0 spiro atoms. The number of aromatic nitrogens is 2. The van der Waals surface area contributed by atoms with Gasteiger partial charge < -0.3 is 13.9 Å². The maximum atomic E-state index is 5.19. The Morgan fingerprint density at radius 2 is 2.23 bits per heavy atom. The molecular weight excluding hydrogens is 276 g/mol. The van der Waals surface area contributed by atoms with Gasteiger partial charge in [-0.3, -0.25) is 4.90 Å². The molecule has 0 radical (unpaired) electrons. The van der Waals surface area contributed by atoms with E-state index in [-0.39, 0.29) is 0 Å². The van der Waals surface area contributed by atoms with Crippen molar-refractivity contribution in [2.45, 2.75) is 39.4 Å². The van der Waals surface area contributed by atoms with E-state index in [1.165, 1.54) is 17.7 Å². The Balaban J connectivity index is 1.66. The van der Waals surface area contributed by atoms with Gasteiger partial charge in [0, 0.05) is 44.0 Å². The average Bonchev–Trinajstić information content (AvgIpc) is 3.19. The van der Waals surface area contributed by atoms with Gasteiger partial charge in [-0.25, -0.2) is 4.98 Å². The second kappa shape index (κ2) is 7.11. The van der Waals surface area contributed by atoms with E-state index < -0.39 is 0 Å². The van der Waals surface area contributed by atoms with Crippen molar-refractivity contribution in [3.63, 3.8) is 0 Å². The van der Waals surface area contributed by atoms with E-state index in [9.17, 15) is 0 Å². The SMILES string of the molecule is CCN(CC)CC[C@@H]1CN(Cc2ccoc2)Cc2cncn21. The molecule has 0 aromatic carbocycles. The minimum absolute atomic E-state index is 0.513. The van der Waals surface area contributed by atoms with Gasteiger partial charge in [-0.15, -0.1) is 0 Å². The third kappa shape index (κ3) is 3.42. The Kier molecular flexibility index (Phi) is 4.95. The van der Waals surface area contributed by atoms with Gasteiger partial charge in [0.25, 0.3) is 0 Å². The Labute approximate surface area is 132 Å². The summed E-state index contributed by atoms with van der Waals surface area (Å²) >= 11 is 0. The third-order valence-corrected chi connectivity index (χ3v) is 4.65. The minimum Gasteiger partial charge on any atom is -0.472 e. The Bertz CT molecular complexity index is 559. The monoisotopic (exact) mass is 302 g/mol. The maximum absolute atomic E-state index is 5.19. The van der Waals surface area contributed by atoms with Crippen molar-refractivity contribution in [3.8, 4) is 0 Å². The molecule has 0 saturated heterocycles. The van der Waals surface area contributed by atoms with Crippen LogP contribution in [0.15, 0.2) is 35.5 Å². The Morgan fingerprint density at radius 3 is 2.95 bits per heavy atom. The Morgan fingerprint density at radius 1 is 1.36 bits per heavy atom. The lowest BCUT2D eigenvalue weighted by atomic mass is 10.1. The molecule has 1 atom stereocenters. The van der Waals surface area contributed by atoms with Crippen molar-refractivity contribution in [1.29, 1.82) is 0 Å². The van der Waals surface area contributed by atoms with Crippen LogP contribution in [-0.4, -0.2) is 45.5 Å². The molecule has 2 aromatic rings. The largest absolute Gasteiger partial charge is 0.472 e. The number of nitrogens with zero attached hydrogens (tertiary/aromatic N) is 4. The number of imidazole rings is 1. The van der Waals surface area contributed by atoms with Crippen LogP contribution in [0.3, 0.4) is 0 Å². The number of rotatable bonds is 7. The summed E-state index contributed by atoms with van der Waals surface area (Å²) in [6.07, 6.45) is 8.77. The van der Waals surface area contributed by atoms with Gasteiger partial charge in [-0.1, -0.05) is 13.8 Å². The fraction of sp³-hybridized carbons (Fsp3) is 0.588. The summed E-state index contributed by atoms with van der Waals surface area (Å²) < 4.78 is 7.56. The van der Waals surface area contributed by atoms with Gasteiger partial charge in [-0.2, -0.15) is 0 Å². The summed E-state index contributed by atoms with van der Waals surface area (Å²) in [7, 11) is 0. The number of fused-ring (bicyclic) bond motifs is 1. The molecule has 22 heavy (non-hydrogen) atoms. The second-order valence-electron chi connectivity index (χ2n) is 6.06. The van der Waals surface area contributed by atoms with Crippen molar-refractivity contribution < 1.29 is 4.42 Å². The lowest BCUT2D eigenvalue weighted by molar-refractivity contribution is 0.159. The molecule has 0 N–H and O–H groups in total. The summed E-state index contributed by atoms with van der Waals surface area (Å²) in [5.74, 6) is 0. The molecular formula is C17H26N4O. The number of hydrogen-bond donors (Lipinski definition) is 0. The predicted molar refractivity (Wildman–Crippen MR) is 86.5 cm³/mol. The first kappa shape index (κ1) is 15.3. The van der Waals surface area contributed by atoms with Gasteiger partial charge in [0.2, 0.25) is 0 Å². The molecule has 0 unspecified atom stereocenters. The molecule has 120 valence electrons. The van der Waals surface area contributed by atoms with Crippen LogP contribution in [0.25, 0.3) is 0 Å². The zero-order valence-electron chi connectivity index (χ0n) is 13.6. The third-order valence-electron chi connectivity index (χ3n) is 4.65. The van der Waals surface area contributed by atoms with Gasteiger partial charge in [0.05, 0.1) is 24.5 Å². The first-order valence-corrected chi connectivity index (χ1v) is 8.26. The summed E-state index contributed by atoms with van der Waals surface area (Å²) in [5, 5.41) is 0. The van der Waals surface area contributed by atoms with E-state index in [0.717, 1.165) is 39.3 Å². The maximum Gasteiger partial charge on any atom is 0.0951 e. The highest BCUT2D eigenvalue weighted by Crippen LogP contribution is 2.25. The molecule has 3 rings (SSSR count). The van der Waals surface area contributed by atoms with Crippen LogP contribution in [0.2, 0.25) is 0 Å². The lowest BCUT2D eigenvalue weighted by Crippen LogP contribution is -2.38. The van der Waals surface area contributed by atoms with Crippen LogP contribution in [0.1, 0.15) is 37.6 Å². The van der Waals surface area contributed by atoms with E-state index in [1.807, 2.05) is 18.8 Å². The van der Waals surface area contributed by atoms with E-state index in [4.69, 9.17) is 4.42 Å². The van der Waals surface area contributed by atoms with Crippen LogP contribution in [0, 0.1) is 0 Å². The second-order valence-corrected chi connectivity index (χ2v) is 6.06. The summed E-state index contributed by atoms with van der Waals surface area (Å²) in [5.41, 5.74) is 2.56. The van der Waals surface area contributed by atoms with Crippen molar-refractivity contribution in [3.05, 3.63) is 42.4 Å². The normalized spacial score (nSPS) is 18.8. The summed E-state index contributed by atoms with van der Waals surface area (Å²) in [6.45, 7) is 10.9. The van der Waals surface area contributed by atoms with E-state index in [0.29, 0.717) is 6.04 Å². The highest BCUT2D eigenvalue weighted by molar-refractivity contribution is 5.09. The summed E-state index contributed by atoms with van der Waals surface area (Å²) in [6, 6.07) is 2.57. The zero-order chi connectivity index (χ0) is 15.4. The lowest BCUT2D eigenvalue weighted by Gasteiger charge is -2.35. The molecule has 0 amide bonds. The molecule has 5 nitrogen and oxygen atoms in total. The highest BCUT2D eigenvalue weighted by Gasteiger charge is 2.25. The topological polar surface area (TPSA) is 37.4 Å². The zero-order valence-corrected chi connectivity index (χ0v) is 13.6. The van der Waals surface area contributed by atoms with Gasteiger partial charge >= 0.3 is 0 Å². The van der Waals surface area contributed by atoms with Gasteiger partial charge in [0.15, 0.2) is 0 Å².